The zero-order chi connectivity index (χ0) is 20.5. The second kappa shape index (κ2) is 10.3. The zero-order valence-corrected chi connectivity index (χ0v) is 16.5. The van der Waals surface area contributed by atoms with Crippen molar-refractivity contribution in [2.24, 2.45) is 0 Å². The first-order valence-electron chi connectivity index (χ1n) is 9.69. The van der Waals surface area contributed by atoms with Gasteiger partial charge in [0.25, 0.3) is 11.8 Å². The van der Waals surface area contributed by atoms with Crippen molar-refractivity contribution in [3.05, 3.63) is 59.7 Å². The topological polar surface area (TPSA) is 81.1 Å². The van der Waals surface area contributed by atoms with E-state index in [2.05, 4.69) is 0 Å². The summed E-state index contributed by atoms with van der Waals surface area (Å²) in [5.41, 5.74) is 0.822. The summed E-state index contributed by atoms with van der Waals surface area (Å²) in [6, 6.07) is 12.1. The molecule has 2 aromatic carbocycles. The fourth-order valence-electron chi connectivity index (χ4n) is 2.79. The predicted molar refractivity (Wildman–Crippen MR) is 108 cm³/mol. The molecule has 28 heavy (non-hydrogen) atoms. The molecule has 0 aromatic heterocycles. The van der Waals surface area contributed by atoms with Crippen molar-refractivity contribution in [3.63, 3.8) is 0 Å². The Morgan fingerprint density at radius 1 is 0.679 bits per heavy atom. The van der Waals surface area contributed by atoms with E-state index in [4.69, 9.17) is 0 Å². The van der Waals surface area contributed by atoms with Gasteiger partial charge in [-0.1, -0.05) is 26.7 Å². The maximum absolute atomic E-state index is 13.2. The van der Waals surface area contributed by atoms with Crippen LogP contribution in [0.1, 0.15) is 60.2 Å². The molecule has 0 saturated heterocycles. The van der Waals surface area contributed by atoms with Crippen LogP contribution >= 0.6 is 0 Å². The van der Waals surface area contributed by atoms with Crippen LogP contribution in [-0.4, -0.2) is 45.1 Å². The molecule has 0 unspecified atom stereocenters. The van der Waals surface area contributed by atoms with Crippen LogP contribution < -0.4 is 0 Å². The maximum atomic E-state index is 13.2. The molecule has 0 saturated carbocycles. The molecule has 0 atom stereocenters. The van der Waals surface area contributed by atoms with Crippen molar-refractivity contribution in [2.45, 2.75) is 39.5 Å². The quantitative estimate of drug-likeness (QED) is 0.669. The van der Waals surface area contributed by atoms with Crippen LogP contribution in [0.15, 0.2) is 48.5 Å². The normalized spacial score (nSPS) is 10.5. The molecule has 2 amide bonds. The number of unbranched alkanes of at least 4 members (excludes halogenated alkanes) is 2. The number of amides is 2. The SMILES string of the molecule is CCCCN(C(=O)c1ccc(O)cc1)N(CCCC)C(=O)c1ccc(O)cc1. The summed E-state index contributed by atoms with van der Waals surface area (Å²) in [6.07, 6.45) is 3.29. The van der Waals surface area contributed by atoms with E-state index < -0.39 is 0 Å². The number of hydrogen-bond donors (Lipinski definition) is 2. The van der Waals surface area contributed by atoms with Gasteiger partial charge in [-0.3, -0.25) is 9.59 Å². The molecule has 2 N–H and O–H groups in total. The highest BCUT2D eigenvalue weighted by Crippen LogP contribution is 2.18. The highest BCUT2D eigenvalue weighted by Gasteiger charge is 2.27. The molecular formula is C22H28N2O4. The smallest absolute Gasteiger partial charge is 0.272 e. The minimum atomic E-state index is -0.281. The Kier molecular flexibility index (Phi) is 7.87. The molecule has 6 nitrogen and oxygen atoms in total. The van der Waals surface area contributed by atoms with E-state index in [0.717, 1.165) is 25.7 Å². The average Bonchev–Trinajstić information content (AvgIpc) is 2.70. The lowest BCUT2D eigenvalue weighted by molar-refractivity contribution is -0.00478. The summed E-state index contributed by atoms with van der Waals surface area (Å²) in [7, 11) is 0. The Morgan fingerprint density at radius 3 is 1.29 bits per heavy atom. The summed E-state index contributed by atoms with van der Waals surface area (Å²) >= 11 is 0. The average molecular weight is 384 g/mol. The lowest BCUT2D eigenvalue weighted by Crippen LogP contribution is -2.50. The molecule has 150 valence electrons. The number of benzene rings is 2. The van der Waals surface area contributed by atoms with E-state index >= 15 is 0 Å². The second-order valence-corrected chi connectivity index (χ2v) is 6.66. The maximum Gasteiger partial charge on any atom is 0.272 e. The standard InChI is InChI=1S/C22H28N2O4/c1-3-5-15-23(21(27)17-7-11-19(25)12-8-17)24(16-6-4-2)22(28)18-9-13-20(26)14-10-18/h7-14,25-26H,3-6,15-16H2,1-2H3. The molecule has 0 bridgehead atoms. The first-order valence-corrected chi connectivity index (χ1v) is 9.69. The van der Waals surface area contributed by atoms with Crippen molar-refractivity contribution in [2.75, 3.05) is 13.1 Å². The lowest BCUT2D eigenvalue weighted by atomic mass is 10.1. The molecular weight excluding hydrogens is 356 g/mol. The molecule has 0 heterocycles. The zero-order valence-electron chi connectivity index (χ0n) is 16.5. The highest BCUT2D eigenvalue weighted by molar-refractivity contribution is 5.99. The van der Waals surface area contributed by atoms with E-state index in [9.17, 15) is 19.8 Å². The Morgan fingerprint density at radius 2 is 1.00 bits per heavy atom. The molecule has 0 aliphatic carbocycles. The van der Waals surface area contributed by atoms with Crippen molar-refractivity contribution in [1.82, 2.24) is 10.0 Å². The number of phenols is 2. The number of nitrogens with zero attached hydrogens (tertiary/aromatic N) is 2. The molecule has 0 radical (unpaired) electrons. The minimum Gasteiger partial charge on any atom is -0.508 e. The third kappa shape index (κ3) is 5.49. The van der Waals surface area contributed by atoms with Crippen molar-refractivity contribution < 1.29 is 19.8 Å². The number of hydrazine groups is 1. The summed E-state index contributed by atoms with van der Waals surface area (Å²) in [5, 5.41) is 22.0. The van der Waals surface area contributed by atoms with Gasteiger partial charge in [0.15, 0.2) is 0 Å². The first kappa shape index (κ1) is 21.3. The molecule has 0 aliphatic rings. The molecule has 0 fully saturated rings. The van der Waals surface area contributed by atoms with Gasteiger partial charge in [0.1, 0.15) is 11.5 Å². The summed E-state index contributed by atoms with van der Waals surface area (Å²) in [6.45, 7) is 4.90. The van der Waals surface area contributed by atoms with Gasteiger partial charge in [-0.2, -0.15) is 0 Å². The molecule has 0 aliphatic heterocycles. The monoisotopic (exact) mass is 384 g/mol. The van der Waals surface area contributed by atoms with Gasteiger partial charge in [-0.25, -0.2) is 10.0 Å². The number of carbonyl (C=O) groups is 2. The van der Waals surface area contributed by atoms with E-state index in [-0.39, 0.29) is 23.3 Å². The lowest BCUT2D eigenvalue weighted by Gasteiger charge is -2.35. The summed E-state index contributed by atoms with van der Waals surface area (Å²) in [4.78, 5) is 26.3. The number of rotatable bonds is 8. The van der Waals surface area contributed by atoms with Crippen molar-refractivity contribution in [1.29, 1.82) is 0 Å². The fraction of sp³-hybridized carbons (Fsp3) is 0.364. The molecule has 2 aromatic rings. The Labute approximate surface area is 166 Å². The van der Waals surface area contributed by atoms with Crippen LogP contribution in [0, 0.1) is 0 Å². The van der Waals surface area contributed by atoms with Gasteiger partial charge < -0.3 is 10.2 Å². The third-order valence-corrected chi connectivity index (χ3v) is 4.44. The van der Waals surface area contributed by atoms with Gasteiger partial charge in [0.2, 0.25) is 0 Å². The van der Waals surface area contributed by atoms with E-state index in [0.29, 0.717) is 24.2 Å². The van der Waals surface area contributed by atoms with Gasteiger partial charge >= 0.3 is 0 Å². The van der Waals surface area contributed by atoms with E-state index in [1.807, 2.05) is 13.8 Å². The van der Waals surface area contributed by atoms with Gasteiger partial charge in [0.05, 0.1) is 0 Å². The van der Waals surface area contributed by atoms with Crippen LogP contribution in [0.5, 0.6) is 11.5 Å². The summed E-state index contributed by atoms with van der Waals surface area (Å²) < 4.78 is 0. The van der Waals surface area contributed by atoms with Crippen LogP contribution in [0.2, 0.25) is 0 Å². The Hall–Kier alpha value is -3.02. The third-order valence-electron chi connectivity index (χ3n) is 4.44. The molecule has 6 heteroatoms. The summed E-state index contributed by atoms with van der Waals surface area (Å²) in [5.74, 6) is -0.396. The van der Waals surface area contributed by atoms with Crippen LogP contribution in [0.25, 0.3) is 0 Å². The Bertz CT molecular complexity index is 705. The van der Waals surface area contributed by atoms with Crippen molar-refractivity contribution in [3.8, 4) is 11.5 Å². The van der Waals surface area contributed by atoms with Gasteiger partial charge in [-0.15, -0.1) is 0 Å². The van der Waals surface area contributed by atoms with E-state index in [1.165, 1.54) is 34.3 Å². The van der Waals surface area contributed by atoms with Gasteiger partial charge in [-0.05, 0) is 61.4 Å². The highest BCUT2D eigenvalue weighted by atomic mass is 16.3. The van der Waals surface area contributed by atoms with Gasteiger partial charge in [0, 0.05) is 24.2 Å². The largest absolute Gasteiger partial charge is 0.508 e. The van der Waals surface area contributed by atoms with E-state index in [1.54, 1.807) is 24.3 Å². The minimum absolute atomic E-state index is 0.0830. The molecule has 0 spiro atoms. The number of hydrogen-bond acceptors (Lipinski definition) is 4. The fourth-order valence-corrected chi connectivity index (χ4v) is 2.79. The predicted octanol–water partition coefficient (Wildman–Crippen LogP) is 4.20. The second-order valence-electron chi connectivity index (χ2n) is 6.66. The number of phenolic OH excluding ortho intramolecular Hbond substituents is 2. The first-order chi connectivity index (χ1) is 13.5. The molecule has 2 rings (SSSR count). The van der Waals surface area contributed by atoms with Crippen LogP contribution in [0.3, 0.4) is 0 Å². The van der Waals surface area contributed by atoms with Crippen LogP contribution in [0.4, 0.5) is 0 Å². The Balaban J connectivity index is 2.37. The number of carbonyl (C=O) groups excluding carboxylic acids is 2. The number of aromatic hydroxyl groups is 2. The van der Waals surface area contributed by atoms with Crippen LogP contribution in [-0.2, 0) is 0 Å². The van der Waals surface area contributed by atoms with Crippen molar-refractivity contribution >= 4 is 11.8 Å².